The van der Waals surface area contributed by atoms with Gasteiger partial charge in [-0.15, -0.1) is 0 Å². The van der Waals surface area contributed by atoms with E-state index in [9.17, 15) is 9.59 Å². The van der Waals surface area contributed by atoms with Gasteiger partial charge in [0.2, 0.25) is 11.8 Å². The third-order valence-electron chi connectivity index (χ3n) is 7.07. The van der Waals surface area contributed by atoms with Gasteiger partial charge in [-0.1, -0.05) is 37.8 Å². The lowest BCUT2D eigenvalue weighted by Gasteiger charge is -2.30. The summed E-state index contributed by atoms with van der Waals surface area (Å²) in [7, 11) is 1.77. The molecule has 0 radical (unpaired) electrons. The zero-order valence-corrected chi connectivity index (χ0v) is 16.9. The highest BCUT2D eigenvalue weighted by atomic mass is 16.5. The Kier molecular flexibility index (Phi) is 4.65. The molecule has 4 aliphatic rings. The highest BCUT2D eigenvalue weighted by molar-refractivity contribution is 5.93. The Bertz CT molecular complexity index is 821. The molecule has 2 saturated heterocycles. The highest BCUT2D eigenvalue weighted by Crippen LogP contribution is 2.53. The summed E-state index contributed by atoms with van der Waals surface area (Å²) in [4.78, 5) is 38.9. The van der Waals surface area contributed by atoms with E-state index in [2.05, 4.69) is 9.97 Å². The summed E-state index contributed by atoms with van der Waals surface area (Å²) in [6.07, 6.45) is 15.6. The van der Waals surface area contributed by atoms with Crippen molar-refractivity contribution in [3.05, 3.63) is 36.4 Å². The first-order chi connectivity index (χ1) is 14.1. The molecule has 1 spiro atoms. The van der Waals surface area contributed by atoms with Gasteiger partial charge in [-0.2, -0.15) is 0 Å². The number of amides is 2. The van der Waals surface area contributed by atoms with Crippen molar-refractivity contribution in [2.24, 2.45) is 11.8 Å². The van der Waals surface area contributed by atoms with Crippen LogP contribution in [0.15, 0.2) is 30.7 Å². The van der Waals surface area contributed by atoms with E-state index in [-0.39, 0.29) is 24.0 Å². The van der Waals surface area contributed by atoms with Gasteiger partial charge in [0, 0.05) is 25.5 Å². The average molecular weight is 396 g/mol. The lowest BCUT2D eigenvalue weighted by molar-refractivity contribution is -0.143. The average Bonchev–Trinajstić information content (AvgIpc) is 3.28. The van der Waals surface area contributed by atoms with Crippen molar-refractivity contribution in [3.8, 4) is 0 Å². The first-order valence-electron chi connectivity index (χ1n) is 10.8. The number of fused-ring (bicyclic) bond motifs is 1. The van der Waals surface area contributed by atoms with Gasteiger partial charge in [-0.25, -0.2) is 0 Å². The van der Waals surface area contributed by atoms with E-state index in [4.69, 9.17) is 4.74 Å². The maximum atomic E-state index is 13.5. The summed E-state index contributed by atoms with van der Waals surface area (Å²) in [5, 5.41) is 0. The standard InChI is InChI=1S/C22H28N4O3/c1-25(13-15-12-23-10-11-24-15)20(27)18-17-8-9-22(29-17)14-26(21(28)19(18)22)16-6-4-2-3-5-7-16/h8-12,16-19H,2-7,13-14H2,1H3/t17-,18-,19+,22-/m0/s1. The molecule has 0 unspecified atom stereocenters. The van der Waals surface area contributed by atoms with Crippen LogP contribution in [0.2, 0.25) is 0 Å². The normalized spacial score (nSPS) is 33.8. The smallest absolute Gasteiger partial charge is 0.230 e. The molecule has 0 aromatic carbocycles. The van der Waals surface area contributed by atoms with Gasteiger partial charge in [-0.05, 0) is 12.8 Å². The minimum absolute atomic E-state index is 0.0482. The van der Waals surface area contributed by atoms with E-state index in [1.54, 1.807) is 30.5 Å². The van der Waals surface area contributed by atoms with Crippen LogP contribution in [0.25, 0.3) is 0 Å². The van der Waals surface area contributed by atoms with Crippen LogP contribution in [0.3, 0.4) is 0 Å². The van der Waals surface area contributed by atoms with Gasteiger partial charge in [0.1, 0.15) is 5.60 Å². The number of ether oxygens (including phenoxy) is 1. The number of hydrogen-bond donors (Lipinski definition) is 0. The fourth-order valence-corrected chi connectivity index (χ4v) is 5.68. The van der Waals surface area contributed by atoms with Crippen molar-refractivity contribution in [2.45, 2.75) is 62.8 Å². The summed E-state index contributed by atoms with van der Waals surface area (Å²) >= 11 is 0. The molecule has 2 bridgehead atoms. The molecule has 3 fully saturated rings. The molecule has 1 aliphatic carbocycles. The van der Waals surface area contributed by atoms with Crippen LogP contribution in [-0.2, 0) is 20.9 Å². The second-order valence-corrected chi connectivity index (χ2v) is 8.90. The largest absolute Gasteiger partial charge is 0.360 e. The number of hydrogen-bond acceptors (Lipinski definition) is 5. The Morgan fingerprint density at radius 2 is 2.07 bits per heavy atom. The van der Waals surface area contributed by atoms with E-state index in [1.807, 2.05) is 17.1 Å². The minimum Gasteiger partial charge on any atom is -0.360 e. The molecule has 7 heteroatoms. The Hall–Kier alpha value is -2.28. The highest BCUT2D eigenvalue weighted by Gasteiger charge is 2.67. The molecule has 3 aliphatic heterocycles. The zero-order chi connectivity index (χ0) is 20.0. The summed E-state index contributed by atoms with van der Waals surface area (Å²) in [6.45, 7) is 0.964. The van der Waals surface area contributed by atoms with Gasteiger partial charge in [0.25, 0.3) is 0 Å². The lowest BCUT2D eigenvalue weighted by atomic mass is 9.76. The topological polar surface area (TPSA) is 75.6 Å². The molecule has 4 atom stereocenters. The summed E-state index contributed by atoms with van der Waals surface area (Å²) in [6, 6.07) is 0.286. The second kappa shape index (κ2) is 7.20. The Morgan fingerprint density at radius 3 is 2.79 bits per heavy atom. The molecule has 2 amide bonds. The third kappa shape index (κ3) is 3.06. The summed E-state index contributed by atoms with van der Waals surface area (Å²) in [5.74, 6) is -0.801. The summed E-state index contributed by atoms with van der Waals surface area (Å²) < 4.78 is 6.29. The zero-order valence-electron chi connectivity index (χ0n) is 16.9. The van der Waals surface area contributed by atoms with E-state index in [0.29, 0.717) is 13.1 Å². The summed E-state index contributed by atoms with van der Waals surface area (Å²) in [5.41, 5.74) is 0.109. The van der Waals surface area contributed by atoms with Crippen molar-refractivity contribution in [1.82, 2.24) is 19.8 Å². The van der Waals surface area contributed by atoms with E-state index in [0.717, 1.165) is 18.5 Å². The molecular formula is C22H28N4O3. The minimum atomic E-state index is -0.623. The molecule has 1 aromatic rings. The number of rotatable bonds is 4. The maximum Gasteiger partial charge on any atom is 0.230 e. The van der Waals surface area contributed by atoms with Crippen LogP contribution in [0.4, 0.5) is 0 Å². The van der Waals surface area contributed by atoms with Crippen molar-refractivity contribution < 1.29 is 14.3 Å². The predicted octanol–water partition coefficient (Wildman–Crippen LogP) is 1.94. The van der Waals surface area contributed by atoms with E-state index in [1.165, 1.54) is 25.7 Å². The number of likely N-dealkylation sites (tertiary alicyclic amines) is 1. The fraction of sp³-hybridized carbons (Fsp3) is 0.636. The van der Waals surface area contributed by atoms with Crippen molar-refractivity contribution in [3.63, 3.8) is 0 Å². The second-order valence-electron chi connectivity index (χ2n) is 8.90. The Labute approximate surface area is 171 Å². The number of carbonyl (C=O) groups is 2. The SMILES string of the molecule is CN(Cc1cnccn1)C(=O)[C@H]1[C@@H]2C=C[C@@]3(CN(C4CCCCCC4)C(=O)[C@@H]13)O2. The number of carbonyl (C=O) groups excluding carboxylic acids is 2. The van der Waals surface area contributed by atoms with Crippen LogP contribution in [0.1, 0.15) is 44.2 Å². The monoisotopic (exact) mass is 396 g/mol. The van der Waals surface area contributed by atoms with Crippen molar-refractivity contribution in [1.29, 1.82) is 0 Å². The Morgan fingerprint density at radius 1 is 1.28 bits per heavy atom. The molecule has 4 heterocycles. The van der Waals surface area contributed by atoms with Crippen LogP contribution >= 0.6 is 0 Å². The fourth-order valence-electron chi connectivity index (χ4n) is 5.68. The molecule has 5 rings (SSSR count). The molecule has 1 aromatic heterocycles. The predicted molar refractivity (Wildman–Crippen MR) is 105 cm³/mol. The number of nitrogens with zero attached hydrogens (tertiary/aromatic N) is 4. The van der Waals surface area contributed by atoms with Gasteiger partial charge < -0.3 is 14.5 Å². The van der Waals surface area contributed by atoms with Crippen LogP contribution in [0.5, 0.6) is 0 Å². The first kappa shape index (κ1) is 18.7. The van der Waals surface area contributed by atoms with Gasteiger partial charge in [-0.3, -0.25) is 19.6 Å². The van der Waals surface area contributed by atoms with Crippen molar-refractivity contribution >= 4 is 11.8 Å². The molecule has 154 valence electrons. The third-order valence-corrected chi connectivity index (χ3v) is 7.07. The molecule has 1 saturated carbocycles. The number of aromatic nitrogens is 2. The maximum absolute atomic E-state index is 13.5. The quantitative estimate of drug-likeness (QED) is 0.574. The molecule has 7 nitrogen and oxygen atoms in total. The molecule has 29 heavy (non-hydrogen) atoms. The van der Waals surface area contributed by atoms with Crippen LogP contribution in [-0.4, -0.2) is 62.9 Å². The van der Waals surface area contributed by atoms with Crippen LogP contribution in [0, 0.1) is 11.8 Å². The first-order valence-corrected chi connectivity index (χ1v) is 10.8. The van der Waals surface area contributed by atoms with E-state index >= 15 is 0 Å². The van der Waals surface area contributed by atoms with Gasteiger partial charge in [0.05, 0.1) is 42.9 Å². The van der Waals surface area contributed by atoms with Crippen molar-refractivity contribution in [2.75, 3.05) is 13.6 Å². The van der Waals surface area contributed by atoms with Gasteiger partial charge in [0.15, 0.2) is 0 Å². The van der Waals surface area contributed by atoms with Crippen LogP contribution < -0.4 is 0 Å². The van der Waals surface area contributed by atoms with E-state index < -0.39 is 17.4 Å². The molecule has 0 N–H and O–H groups in total. The molecular weight excluding hydrogens is 368 g/mol. The van der Waals surface area contributed by atoms with Gasteiger partial charge >= 0.3 is 0 Å². The lowest BCUT2D eigenvalue weighted by Crippen LogP contribution is -2.45. The Balaban J connectivity index is 1.36.